The Morgan fingerprint density at radius 2 is 1.87 bits per heavy atom. The number of benzene rings is 2. The number of carbonyl (C=O) groups excluding carboxylic acids is 2. The molecule has 0 saturated carbocycles. The smallest absolute Gasteiger partial charge is 0.337 e. The van der Waals surface area contributed by atoms with Crippen molar-refractivity contribution in [2.45, 2.75) is 23.9 Å². The van der Waals surface area contributed by atoms with Crippen LogP contribution in [0.2, 0.25) is 0 Å². The summed E-state index contributed by atoms with van der Waals surface area (Å²) in [6.45, 7) is 3.85. The molecule has 2 aromatic carbocycles. The molecule has 30 heavy (non-hydrogen) atoms. The molecule has 0 fully saturated rings. The highest BCUT2D eigenvalue weighted by atomic mass is 32.2. The first-order valence-corrected chi connectivity index (χ1v) is 10.9. The number of aromatic nitrogens is 2. The van der Waals surface area contributed by atoms with E-state index in [-0.39, 0.29) is 18.5 Å². The van der Waals surface area contributed by atoms with E-state index in [2.05, 4.69) is 20.3 Å². The number of nitrogens with one attached hydrogen (secondary N) is 1. The second-order valence-corrected chi connectivity index (χ2v) is 8.66. The zero-order chi connectivity index (χ0) is 21.5. The van der Waals surface area contributed by atoms with Crippen molar-refractivity contribution in [3.8, 4) is 5.75 Å². The molecule has 1 amide bonds. The molecule has 156 valence electrons. The third-order valence-corrected chi connectivity index (χ3v) is 6.12. The van der Waals surface area contributed by atoms with Gasteiger partial charge < -0.3 is 9.47 Å². The lowest BCUT2D eigenvalue weighted by atomic mass is 10.1. The Bertz CT molecular complexity index is 1030. The van der Waals surface area contributed by atoms with Gasteiger partial charge in [0, 0.05) is 5.75 Å². The Labute approximate surface area is 182 Å². The number of hydrogen-bond donors (Lipinski definition) is 1. The number of thioether (sulfide) groups is 1. The molecule has 0 bridgehead atoms. The van der Waals surface area contributed by atoms with Crippen LogP contribution in [0.25, 0.3) is 0 Å². The predicted octanol–water partition coefficient (Wildman–Crippen LogP) is 4.25. The number of rotatable bonds is 8. The molecule has 3 rings (SSSR count). The van der Waals surface area contributed by atoms with Crippen LogP contribution in [0, 0.1) is 13.8 Å². The molecule has 0 aliphatic carbocycles. The summed E-state index contributed by atoms with van der Waals surface area (Å²) in [4.78, 5) is 23.6. The Kier molecular flexibility index (Phi) is 7.42. The van der Waals surface area contributed by atoms with Gasteiger partial charge in [-0.2, -0.15) is 0 Å². The summed E-state index contributed by atoms with van der Waals surface area (Å²) < 4.78 is 11.0. The number of hydrogen-bond acceptors (Lipinski definition) is 8. The molecule has 0 radical (unpaired) electrons. The van der Waals surface area contributed by atoms with Crippen LogP contribution in [-0.4, -0.2) is 35.8 Å². The lowest BCUT2D eigenvalue weighted by molar-refractivity contribution is -0.118. The molecule has 3 aromatic rings. The van der Waals surface area contributed by atoms with E-state index >= 15 is 0 Å². The number of carbonyl (C=O) groups is 2. The molecule has 1 aromatic heterocycles. The minimum Gasteiger partial charge on any atom is -0.483 e. The van der Waals surface area contributed by atoms with Crippen LogP contribution in [0.1, 0.15) is 27.0 Å². The Morgan fingerprint density at radius 3 is 2.57 bits per heavy atom. The normalized spacial score (nSPS) is 10.5. The van der Waals surface area contributed by atoms with Crippen molar-refractivity contribution in [1.29, 1.82) is 0 Å². The summed E-state index contributed by atoms with van der Waals surface area (Å²) in [6.07, 6.45) is 0. The monoisotopic (exact) mass is 443 g/mol. The fourth-order valence-electron chi connectivity index (χ4n) is 2.58. The highest BCUT2D eigenvalue weighted by Gasteiger charge is 2.11. The SMILES string of the molecule is COC(=O)c1ccc(CSc2nnc(NC(=O)COc3ccc(C)cc3C)s2)cc1. The summed E-state index contributed by atoms with van der Waals surface area (Å²) in [6, 6.07) is 13.0. The van der Waals surface area contributed by atoms with Gasteiger partial charge in [0.1, 0.15) is 5.75 Å². The maximum atomic E-state index is 12.1. The van der Waals surface area contributed by atoms with Crippen LogP contribution < -0.4 is 10.1 Å². The third-order valence-electron chi connectivity index (χ3n) is 4.08. The third kappa shape index (κ3) is 6.04. The van der Waals surface area contributed by atoms with Gasteiger partial charge in [0.15, 0.2) is 10.9 Å². The maximum absolute atomic E-state index is 12.1. The number of ether oxygens (including phenoxy) is 2. The Hall–Kier alpha value is -2.91. The van der Waals surface area contributed by atoms with Gasteiger partial charge in [-0.1, -0.05) is 52.9 Å². The van der Waals surface area contributed by atoms with Crippen LogP contribution >= 0.6 is 23.1 Å². The quantitative estimate of drug-likeness (QED) is 0.316. The molecule has 1 N–H and O–H groups in total. The Balaban J connectivity index is 1.47. The minimum absolute atomic E-state index is 0.0987. The molecular weight excluding hydrogens is 422 g/mol. The number of aryl methyl sites for hydroxylation is 2. The molecular formula is C21H21N3O4S2. The van der Waals surface area contributed by atoms with Gasteiger partial charge in [0.05, 0.1) is 12.7 Å². The lowest BCUT2D eigenvalue weighted by Gasteiger charge is -2.09. The number of esters is 1. The van der Waals surface area contributed by atoms with Crippen molar-refractivity contribution in [1.82, 2.24) is 10.2 Å². The van der Waals surface area contributed by atoms with Crippen molar-refractivity contribution in [2.75, 3.05) is 19.0 Å². The first-order valence-electron chi connectivity index (χ1n) is 9.08. The summed E-state index contributed by atoms with van der Waals surface area (Å²) in [5.41, 5.74) is 3.67. The Morgan fingerprint density at radius 1 is 1.10 bits per heavy atom. The van der Waals surface area contributed by atoms with E-state index in [4.69, 9.17) is 4.74 Å². The van der Waals surface area contributed by atoms with Gasteiger partial charge in [-0.05, 0) is 43.2 Å². The zero-order valence-electron chi connectivity index (χ0n) is 16.8. The maximum Gasteiger partial charge on any atom is 0.337 e. The number of nitrogens with zero attached hydrogens (tertiary/aromatic N) is 2. The first kappa shape index (κ1) is 21.8. The lowest BCUT2D eigenvalue weighted by Crippen LogP contribution is -2.20. The number of amides is 1. The van der Waals surface area contributed by atoms with Crippen molar-refractivity contribution in [3.63, 3.8) is 0 Å². The summed E-state index contributed by atoms with van der Waals surface area (Å²) in [7, 11) is 1.35. The topological polar surface area (TPSA) is 90.4 Å². The van der Waals surface area contributed by atoms with Crippen molar-refractivity contribution in [3.05, 3.63) is 64.7 Å². The van der Waals surface area contributed by atoms with Gasteiger partial charge in [-0.15, -0.1) is 10.2 Å². The van der Waals surface area contributed by atoms with Crippen LogP contribution in [0.4, 0.5) is 5.13 Å². The molecule has 0 saturated heterocycles. The summed E-state index contributed by atoms with van der Waals surface area (Å²) in [5, 5.41) is 11.2. The second-order valence-electron chi connectivity index (χ2n) is 6.46. The van der Waals surface area contributed by atoms with Gasteiger partial charge in [0.25, 0.3) is 5.91 Å². The standard InChI is InChI=1S/C21H21N3O4S2/c1-13-4-9-17(14(2)10-13)28-11-18(25)22-20-23-24-21(30-20)29-12-15-5-7-16(8-6-15)19(26)27-3/h4-10H,11-12H2,1-3H3,(H,22,23,25). The predicted molar refractivity (Wildman–Crippen MR) is 117 cm³/mol. The van der Waals surface area contributed by atoms with Crippen molar-refractivity contribution >= 4 is 40.1 Å². The second kappa shape index (κ2) is 10.2. The minimum atomic E-state index is -0.361. The fraction of sp³-hybridized carbons (Fsp3) is 0.238. The number of anilines is 1. The van der Waals surface area contributed by atoms with Crippen LogP contribution in [0.5, 0.6) is 5.75 Å². The van der Waals surface area contributed by atoms with E-state index in [1.54, 1.807) is 12.1 Å². The largest absolute Gasteiger partial charge is 0.483 e. The van der Waals surface area contributed by atoms with E-state index in [1.165, 1.54) is 30.2 Å². The van der Waals surface area contributed by atoms with Crippen LogP contribution in [-0.2, 0) is 15.3 Å². The molecule has 0 unspecified atom stereocenters. The highest BCUT2D eigenvalue weighted by molar-refractivity contribution is 8.00. The fourth-order valence-corrected chi connectivity index (χ4v) is 4.30. The van der Waals surface area contributed by atoms with Crippen LogP contribution in [0.3, 0.4) is 0 Å². The van der Waals surface area contributed by atoms with E-state index in [0.717, 1.165) is 21.0 Å². The number of methoxy groups -OCH3 is 1. The molecule has 0 atom stereocenters. The molecule has 0 spiro atoms. The van der Waals surface area contributed by atoms with Crippen molar-refractivity contribution < 1.29 is 19.1 Å². The van der Waals surface area contributed by atoms with E-state index in [1.807, 2.05) is 44.2 Å². The summed E-state index contributed by atoms with van der Waals surface area (Å²) in [5.74, 6) is 0.698. The average Bonchev–Trinajstić information content (AvgIpc) is 3.18. The van der Waals surface area contributed by atoms with Crippen LogP contribution in [0.15, 0.2) is 46.8 Å². The molecule has 9 heteroatoms. The molecule has 1 heterocycles. The average molecular weight is 444 g/mol. The highest BCUT2D eigenvalue weighted by Crippen LogP contribution is 2.28. The molecule has 0 aliphatic rings. The van der Waals surface area contributed by atoms with Gasteiger partial charge in [0.2, 0.25) is 5.13 Å². The molecule has 0 aliphatic heterocycles. The zero-order valence-corrected chi connectivity index (χ0v) is 18.4. The van der Waals surface area contributed by atoms with Gasteiger partial charge >= 0.3 is 5.97 Å². The molecule has 7 nitrogen and oxygen atoms in total. The summed E-state index contributed by atoms with van der Waals surface area (Å²) >= 11 is 2.80. The van der Waals surface area contributed by atoms with E-state index in [9.17, 15) is 9.59 Å². The van der Waals surface area contributed by atoms with Crippen molar-refractivity contribution in [2.24, 2.45) is 0 Å². The van der Waals surface area contributed by atoms with E-state index in [0.29, 0.717) is 22.2 Å². The van der Waals surface area contributed by atoms with Gasteiger partial charge in [-0.3, -0.25) is 10.1 Å². The first-order chi connectivity index (χ1) is 14.4. The van der Waals surface area contributed by atoms with Gasteiger partial charge in [-0.25, -0.2) is 4.79 Å². The van der Waals surface area contributed by atoms with E-state index < -0.39 is 0 Å².